The summed E-state index contributed by atoms with van der Waals surface area (Å²) < 4.78 is 31.3. The second-order valence-corrected chi connectivity index (χ2v) is 7.26. The number of rotatable bonds is 8. The smallest absolute Gasteiger partial charge is 0.315 e. The molecule has 0 bridgehead atoms. The van der Waals surface area contributed by atoms with Crippen molar-refractivity contribution in [3.05, 3.63) is 29.8 Å². The maximum absolute atomic E-state index is 12.0. The zero-order chi connectivity index (χ0) is 16.7. The van der Waals surface area contributed by atoms with Crippen LogP contribution in [0, 0.1) is 0 Å². The van der Waals surface area contributed by atoms with Gasteiger partial charge in [0.1, 0.15) is 0 Å². The second-order valence-electron chi connectivity index (χ2n) is 5.49. The molecule has 3 N–H and O–H groups in total. The maximum Gasteiger partial charge on any atom is 0.315 e. The van der Waals surface area contributed by atoms with Crippen LogP contribution in [0.25, 0.3) is 0 Å². The zero-order valence-corrected chi connectivity index (χ0v) is 14.0. The van der Waals surface area contributed by atoms with Crippen LogP contribution in [0.5, 0.6) is 0 Å². The first-order valence-corrected chi connectivity index (χ1v) is 9.11. The van der Waals surface area contributed by atoms with Crippen molar-refractivity contribution >= 4 is 16.1 Å². The van der Waals surface area contributed by atoms with Gasteiger partial charge in [0.15, 0.2) is 0 Å². The van der Waals surface area contributed by atoms with E-state index in [2.05, 4.69) is 15.4 Å². The van der Waals surface area contributed by atoms with Gasteiger partial charge in [-0.2, -0.15) is 0 Å². The van der Waals surface area contributed by atoms with Gasteiger partial charge >= 0.3 is 6.03 Å². The fraction of sp³-hybridized carbons (Fsp3) is 0.533. The van der Waals surface area contributed by atoms with E-state index >= 15 is 0 Å². The van der Waals surface area contributed by atoms with E-state index in [0.717, 1.165) is 18.4 Å². The summed E-state index contributed by atoms with van der Waals surface area (Å²) >= 11 is 0. The number of urea groups is 1. The highest BCUT2D eigenvalue weighted by atomic mass is 32.2. The summed E-state index contributed by atoms with van der Waals surface area (Å²) in [5.41, 5.74) is 0.838. The van der Waals surface area contributed by atoms with E-state index in [1.807, 2.05) is 0 Å². The zero-order valence-electron chi connectivity index (χ0n) is 13.2. The minimum Gasteiger partial charge on any atom is -0.383 e. The van der Waals surface area contributed by atoms with Gasteiger partial charge in [0.25, 0.3) is 0 Å². The van der Waals surface area contributed by atoms with E-state index in [-0.39, 0.29) is 17.5 Å². The fourth-order valence-electron chi connectivity index (χ4n) is 2.12. The molecule has 7 nitrogen and oxygen atoms in total. The van der Waals surface area contributed by atoms with Crippen LogP contribution in [0.15, 0.2) is 29.2 Å². The third kappa shape index (κ3) is 5.49. The third-order valence-electron chi connectivity index (χ3n) is 3.73. The van der Waals surface area contributed by atoms with Gasteiger partial charge in [0.2, 0.25) is 10.0 Å². The molecule has 2 amide bonds. The molecule has 2 rings (SSSR count). The topological polar surface area (TPSA) is 96.5 Å². The Hall–Kier alpha value is -1.64. The lowest BCUT2D eigenvalue weighted by Crippen LogP contribution is -2.44. The van der Waals surface area contributed by atoms with Gasteiger partial charge in [-0.25, -0.2) is 17.9 Å². The Balaban J connectivity index is 1.82. The number of carbonyl (C=O) groups is 1. The van der Waals surface area contributed by atoms with Crippen LogP contribution in [-0.4, -0.2) is 40.8 Å². The molecule has 0 radical (unpaired) electrons. The molecule has 0 spiro atoms. The first-order chi connectivity index (χ1) is 11.0. The number of hydrogen-bond donors (Lipinski definition) is 3. The van der Waals surface area contributed by atoms with Crippen molar-refractivity contribution in [1.29, 1.82) is 0 Å². The van der Waals surface area contributed by atoms with Crippen molar-refractivity contribution in [3.63, 3.8) is 0 Å². The molecule has 0 heterocycles. The molecule has 1 aliphatic rings. The Morgan fingerprint density at radius 3 is 2.52 bits per heavy atom. The number of amides is 2. The van der Waals surface area contributed by atoms with E-state index in [0.29, 0.717) is 19.2 Å². The van der Waals surface area contributed by atoms with Gasteiger partial charge in [-0.15, -0.1) is 0 Å². The largest absolute Gasteiger partial charge is 0.383 e. The number of carbonyl (C=O) groups excluding carboxylic acids is 1. The van der Waals surface area contributed by atoms with E-state index in [4.69, 9.17) is 4.74 Å². The molecule has 1 fully saturated rings. The molecule has 23 heavy (non-hydrogen) atoms. The van der Waals surface area contributed by atoms with Gasteiger partial charge in [-0.05, 0) is 37.0 Å². The Kier molecular flexibility index (Phi) is 6.37. The minimum absolute atomic E-state index is 0.187. The average Bonchev–Trinajstić information content (AvgIpc) is 2.49. The number of hydrogen-bond acceptors (Lipinski definition) is 4. The summed E-state index contributed by atoms with van der Waals surface area (Å²) in [5, 5.41) is 5.65. The van der Waals surface area contributed by atoms with E-state index in [9.17, 15) is 13.2 Å². The van der Waals surface area contributed by atoms with Crippen LogP contribution in [0.4, 0.5) is 4.79 Å². The Bertz CT molecular complexity index is 612. The molecule has 128 valence electrons. The number of sulfonamides is 1. The normalized spacial score (nSPS) is 15.0. The monoisotopic (exact) mass is 341 g/mol. The van der Waals surface area contributed by atoms with Crippen LogP contribution in [0.3, 0.4) is 0 Å². The van der Waals surface area contributed by atoms with E-state index in [1.54, 1.807) is 12.1 Å². The van der Waals surface area contributed by atoms with E-state index in [1.165, 1.54) is 25.7 Å². The Morgan fingerprint density at radius 1 is 1.26 bits per heavy atom. The van der Waals surface area contributed by atoms with Crippen molar-refractivity contribution in [1.82, 2.24) is 15.4 Å². The van der Waals surface area contributed by atoms with Gasteiger partial charge in [-0.3, -0.25) is 0 Å². The minimum atomic E-state index is -3.52. The van der Waals surface area contributed by atoms with Crippen LogP contribution < -0.4 is 15.4 Å². The predicted molar refractivity (Wildman–Crippen MR) is 86.5 cm³/mol. The summed E-state index contributed by atoms with van der Waals surface area (Å²) in [6.45, 7) is 0.900. The first kappa shape index (κ1) is 17.7. The van der Waals surface area contributed by atoms with Gasteiger partial charge in [0, 0.05) is 26.2 Å². The van der Waals surface area contributed by atoms with Crippen molar-refractivity contribution in [3.8, 4) is 0 Å². The average molecular weight is 341 g/mol. The van der Waals surface area contributed by atoms with Crippen molar-refractivity contribution in [2.75, 3.05) is 20.3 Å². The molecule has 0 unspecified atom stereocenters. The standard InChI is InChI=1S/C15H23N3O4S/c1-22-10-9-17-23(20,21)14-7-5-12(6-8-14)11-16-15(19)18-13-3-2-4-13/h5-8,13,17H,2-4,9-11H2,1H3,(H2,16,18,19). The second kappa shape index (κ2) is 8.28. The summed E-state index contributed by atoms with van der Waals surface area (Å²) in [5.74, 6) is 0. The van der Waals surface area contributed by atoms with Gasteiger partial charge < -0.3 is 15.4 Å². The lowest BCUT2D eigenvalue weighted by molar-refractivity contribution is 0.204. The highest BCUT2D eigenvalue weighted by molar-refractivity contribution is 7.89. The predicted octanol–water partition coefficient (Wildman–Crippen LogP) is 0.963. The fourth-order valence-corrected chi connectivity index (χ4v) is 3.13. The molecule has 1 saturated carbocycles. The molecule has 0 atom stereocenters. The van der Waals surface area contributed by atoms with E-state index < -0.39 is 10.0 Å². The number of ether oxygens (including phenoxy) is 1. The summed E-state index contributed by atoms with van der Waals surface area (Å²) in [4.78, 5) is 11.8. The molecular weight excluding hydrogens is 318 g/mol. The van der Waals surface area contributed by atoms with Crippen molar-refractivity contribution in [2.24, 2.45) is 0 Å². The number of methoxy groups -OCH3 is 1. The quantitative estimate of drug-likeness (QED) is 0.614. The highest BCUT2D eigenvalue weighted by Crippen LogP contribution is 2.17. The van der Waals surface area contributed by atoms with Crippen LogP contribution >= 0.6 is 0 Å². The SMILES string of the molecule is COCCNS(=O)(=O)c1ccc(CNC(=O)NC2CCC2)cc1. The van der Waals surface area contributed by atoms with Crippen molar-refractivity contribution < 1.29 is 17.9 Å². The van der Waals surface area contributed by atoms with Crippen molar-refractivity contribution in [2.45, 2.75) is 36.7 Å². The summed E-state index contributed by atoms with van der Waals surface area (Å²) in [7, 11) is -2.01. The molecule has 8 heteroatoms. The number of nitrogens with one attached hydrogen (secondary N) is 3. The molecule has 0 aromatic heterocycles. The van der Waals surface area contributed by atoms with Gasteiger partial charge in [-0.1, -0.05) is 12.1 Å². The van der Waals surface area contributed by atoms with Gasteiger partial charge in [0.05, 0.1) is 11.5 Å². The molecule has 1 aromatic rings. The van der Waals surface area contributed by atoms with Crippen LogP contribution in [0.1, 0.15) is 24.8 Å². The molecule has 0 aliphatic heterocycles. The Labute approximate surface area is 136 Å². The molecule has 1 aliphatic carbocycles. The van der Waals surface area contributed by atoms with Crippen LogP contribution in [-0.2, 0) is 21.3 Å². The lowest BCUT2D eigenvalue weighted by Gasteiger charge is -2.26. The molecule has 1 aromatic carbocycles. The maximum atomic E-state index is 12.0. The molecule has 0 saturated heterocycles. The number of benzene rings is 1. The first-order valence-electron chi connectivity index (χ1n) is 7.63. The molecular formula is C15H23N3O4S. The highest BCUT2D eigenvalue weighted by Gasteiger charge is 2.19. The third-order valence-corrected chi connectivity index (χ3v) is 5.20. The summed E-state index contributed by atoms with van der Waals surface area (Å²) in [6.07, 6.45) is 3.24. The Morgan fingerprint density at radius 2 is 1.96 bits per heavy atom. The summed E-state index contributed by atoms with van der Waals surface area (Å²) in [6, 6.07) is 6.53. The van der Waals surface area contributed by atoms with Crippen LogP contribution in [0.2, 0.25) is 0 Å². The lowest BCUT2D eigenvalue weighted by atomic mass is 9.93.